The zero-order valence-electron chi connectivity index (χ0n) is 9.72. The Balaban J connectivity index is 2.01. The molecule has 6 heteroatoms. The number of nitrogens with two attached hydrogens (primary N) is 1. The maximum atomic E-state index is 5.63. The van der Waals surface area contributed by atoms with Gasteiger partial charge in [0.2, 0.25) is 0 Å². The molecule has 0 aromatic carbocycles. The topological polar surface area (TPSA) is 63.8 Å². The van der Waals surface area contributed by atoms with Crippen molar-refractivity contribution in [3.8, 4) is 0 Å². The van der Waals surface area contributed by atoms with Gasteiger partial charge >= 0.3 is 0 Å². The molecule has 2 aromatic rings. The molecule has 0 aliphatic heterocycles. The minimum absolute atomic E-state index is 0.159. The van der Waals surface area contributed by atoms with Crippen LogP contribution >= 0.6 is 22.9 Å². The molecule has 0 fully saturated rings. The van der Waals surface area contributed by atoms with E-state index in [-0.39, 0.29) is 6.04 Å². The summed E-state index contributed by atoms with van der Waals surface area (Å²) in [4.78, 5) is 2.56. The highest BCUT2D eigenvalue weighted by atomic mass is 32.1. The SMILES string of the molecule is CCc1nnsc1C(CCc1cccs1)NN. The van der Waals surface area contributed by atoms with E-state index in [0.29, 0.717) is 0 Å². The van der Waals surface area contributed by atoms with Crippen molar-refractivity contribution in [2.45, 2.75) is 32.2 Å². The summed E-state index contributed by atoms with van der Waals surface area (Å²) in [6.45, 7) is 2.09. The molecule has 1 atom stereocenters. The van der Waals surface area contributed by atoms with E-state index in [2.05, 4.69) is 39.4 Å². The third-order valence-corrected chi connectivity index (χ3v) is 4.51. The molecule has 2 rings (SSSR count). The maximum absolute atomic E-state index is 5.63. The highest BCUT2D eigenvalue weighted by molar-refractivity contribution is 7.09. The van der Waals surface area contributed by atoms with E-state index in [1.54, 1.807) is 11.3 Å². The fraction of sp³-hybridized carbons (Fsp3) is 0.455. The van der Waals surface area contributed by atoms with E-state index in [0.717, 1.165) is 25.0 Å². The van der Waals surface area contributed by atoms with Crippen LogP contribution in [0.5, 0.6) is 0 Å². The number of hydrogen-bond acceptors (Lipinski definition) is 6. The number of rotatable bonds is 6. The molecular weight excluding hydrogens is 252 g/mol. The van der Waals surface area contributed by atoms with Gasteiger partial charge in [0.15, 0.2) is 0 Å². The van der Waals surface area contributed by atoms with Crippen LogP contribution in [0.2, 0.25) is 0 Å². The second-order valence-electron chi connectivity index (χ2n) is 3.77. The van der Waals surface area contributed by atoms with Crippen molar-refractivity contribution >= 4 is 22.9 Å². The second-order valence-corrected chi connectivity index (χ2v) is 5.59. The predicted molar refractivity (Wildman–Crippen MR) is 72.0 cm³/mol. The van der Waals surface area contributed by atoms with Crippen LogP contribution in [-0.4, -0.2) is 9.59 Å². The number of aryl methyl sites for hydroxylation is 2. The standard InChI is InChI=1S/C11H16N4S2/c1-2-9-11(17-15-14-9)10(13-12)6-5-8-4-3-7-16-8/h3-4,7,10,13H,2,5-6,12H2,1H3. The highest BCUT2D eigenvalue weighted by Crippen LogP contribution is 2.25. The summed E-state index contributed by atoms with van der Waals surface area (Å²) in [6.07, 6.45) is 2.92. The lowest BCUT2D eigenvalue weighted by atomic mass is 10.1. The Morgan fingerprint density at radius 1 is 1.53 bits per heavy atom. The lowest BCUT2D eigenvalue weighted by molar-refractivity contribution is 0.521. The van der Waals surface area contributed by atoms with Gasteiger partial charge in [0.1, 0.15) is 0 Å². The Morgan fingerprint density at radius 3 is 3.06 bits per heavy atom. The van der Waals surface area contributed by atoms with Crippen molar-refractivity contribution in [2.75, 3.05) is 0 Å². The van der Waals surface area contributed by atoms with Crippen LogP contribution in [0.25, 0.3) is 0 Å². The number of thiophene rings is 1. The summed E-state index contributed by atoms with van der Waals surface area (Å²) in [6, 6.07) is 4.40. The van der Waals surface area contributed by atoms with Crippen LogP contribution in [0.3, 0.4) is 0 Å². The van der Waals surface area contributed by atoms with E-state index >= 15 is 0 Å². The average Bonchev–Trinajstić information content (AvgIpc) is 3.00. The van der Waals surface area contributed by atoms with E-state index < -0.39 is 0 Å². The fourth-order valence-corrected chi connectivity index (χ4v) is 3.31. The minimum Gasteiger partial charge on any atom is -0.271 e. The largest absolute Gasteiger partial charge is 0.271 e. The average molecular weight is 268 g/mol. The molecule has 0 saturated carbocycles. The molecule has 0 amide bonds. The van der Waals surface area contributed by atoms with Crippen LogP contribution in [0.15, 0.2) is 17.5 Å². The lowest BCUT2D eigenvalue weighted by Crippen LogP contribution is -2.28. The zero-order chi connectivity index (χ0) is 12.1. The van der Waals surface area contributed by atoms with Crippen LogP contribution in [0.1, 0.15) is 34.8 Å². The summed E-state index contributed by atoms with van der Waals surface area (Å²) in [5.74, 6) is 5.63. The van der Waals surface area contributed by atoms with Crippen molar-refractivity contribution in [1.82, 2.24) is 15.0 Å². The first-order valence-corrected chi connectivity index (χ1v) is 7.30. The van der Waals surface area contributed by atoms with E-state index in [1.807, 2.05) is 0 Å². The van der Waals surface area contributed by atoms with Crippen LogP contribution in [0, 0.1) is 0 Å². The van der Waals surface area contributed by atoms with Crippen molar-refractivity contribution in [3.05, 3.63) is 33.0 Å². The number of hydrazine groups is 1. The third kappa shape index (κ3) is 3.10. The normalized spacial score (nSPS) is 12.8. The highest BCUT2D eigenvalue weighted by Gasteiger charge is 2.17. The first-order valence-electron chi connectivity index (χ1n) is 5.64. The van der Waals surface area contributed by atoms with Crippen molar-refractivity contribution in [3.63, 3.8) is 0 Å². The monoisotopic (exact) mass is 268 g/mol. The van der Waals surface area contributed by atoms with Gasteiger partial charge in [-0.1, -0.05) is 17.5 Å². The van der Waals surface area contributed by atoms with Crippen molar-refractivity contribution in [1.29, 1.82) is 0 Å². The van der Waals surface area contributed by atoms with E-state index in [9.17, 15) is 0 Å². The van der Waals surface area contributed by atoms with E-state index in [1.165, 1.54) is 21.3 Å². The Hall–Kier alpha value is -0.820. The van der Waals surface area contributed by atoms with Crippen LogP contribution in [-0.2, 0) is 12.8 Å². The Kier molecular flexibility index (Phi) is 4.61. The molecule has 92 valence electrons. The number of hydrogen-bond donors (Lipinski definition) is 2. The Labute approximate surface area is 109 Å². The summed E-state index contributed by atoms with van der Waals surface area (Å²) < 4.78 is 4.01. The van der Waals surface area contributed by atoms with Gasteiger partial charge in [0, 0.05) is 4.88 Å². The van der Waals surface area contributed by atoms with Crippen LogP contribution < -0.4 is 11.3 Å². The smallest absolute Gasteiger partial charge is 0.0801 e. The summed E-state index contributed by atoms with van der Waals surface area (Å²) in [7, 11) is 0. The van der Waals surface area contributed by atoms with Gasteiger partial charge in [-0.2, -0.15) is 0 Å². The quantitative estimate of drug-likeness (QED) is 0.623. The molecule has 2 heterocycles. The molecule has 3 N–H and O–H groups in total. The van der Waals surface area contributed by atoms with Crippen LogP contribution in [0.4, 0.5) is 0 Å². The van der Waals surface area contributed by atoms with Gasteiger partial charge in [0.05, 0.1) is 16.6 Å². The van der Waals surface area contributed by atoms with E-state index in [4.69, 9.17) is 5.84 Å². The van der Waals surface area contributed by atoms with Gasteiger partial charge < -0.3 is 0 Å². The summed E-state index contributed by atoms with van der Waals surface area (Å²) in [5.41, 5.74) is 3.94. The van der Waals surface area contributed by atoms with Gasteiger partial charge in [-0.05, 0) is 42.2 Å². The Bertz CT molecular complexity index is 438. The molecule has 0 spiro atoms. The molecule has 0 bridgehead atoms. The Morgan fingerprint density at radius 2 is 2.41 bits per heavy atom. The van der Waals surface area contributed by atoms with Gasteiger partial charge in [-0.25, -0.2) is 0 Å². The maximum Gasteiger partial charge on any atom is 0.0801 e. The first-order chi connectivity index (χ1) is 8.35. The molecule has 2 aromatic heterocycles. The van der Waals surface area contributed by atoms with Gasteiger partial charge in [-0.15, -0.1) is 16.4 Å². The minimum atomic E-state index is 0.159. The fourth-order valence-electron chi connectivity index (χ4n) is 1.76. The van der Waals surface area contributed by atoms with Crippen molar-refractivity contribution in [2.24, 2.45) is 5.84 Å². The zero-order valence-corrected chi connectivity index (χ0v) is 11.4. The molecule has 0 aliphatic carbocycles. The number of nitrogens with one attached hydrogen (secondary N) is 1. The predicted octanol–water partition coefficient (Wildman–Crippen LogP) is 2.30. The number of nitrogens with zero attached hydrogens (tertiary/aromatic N) is 2. The molecule has 0 radical (unpaired) electrons. The van der Waals surface area contributed by atoms with Crippen molar-refractivity contribution < 1.29 is 0 Å². The van der Waals surface area contributed by atoms with Gasteiger partial charge in [0.25, 0.3) is 0 Å². The molecule has 4 nitrogen and oxygen atoms in total. The molecular formula is C11H16N4S2. The molecule has 0 aliphatic rings. The first kappa shape index (κ1) is 12.6. The lowest BCUT2D eigenvalue weighted by Gasteiger charge is -2.13. The summed E-state index contributed by atoms with van der Waals surface area (Å²) >= 11 is 3.23. The molecule has 1 unspecified atom stereocenters. The van der Waals surface area contributed by atoms with Gasteiger partial charge in [-0.3, -0.25) is 11.3 Å². The molecule has 0 saturated heterocycles. The third-order valence-electron chi connectivity index (χ3n) is 2.70. The second kappa shape index (κ2) is 6.20. The summed E-state index contributed by atoms with van der Waals surface area (Å²) in [5, 5.41) is 6.23. The molecule has 17 heavy (non-hydrogen) atoms. The number of aromatic nitrogens is 2.